The highest BCUT2D eigenvalue weighted by Gasteiger charge is 2.17. The van der Waals surface area contributed by atoms with Crippen LogP contribution >= 0.6 is 0 Å². The topological polar surface area (TPSA) is 61.2 Å². The number of halogens is 1. The summed E-state index contributed by atoms with van der Waals surface area (Å²) in [5.74, 6) is -0.524. The second kappa shape index (κ2) is 7.31. The van der Waals surface area contributed by atoms with Gasteiger partial charge in [0, 0.05) is 12.0 Å². The molecule has 26 heavy (non-hydrogen) atoms. The monoisotopic (exact) mass is 352 g/mol. The third-order valence-electron chi connectivity index (χ3n) is 4.01. The molecule has 0 radical (unpaired) electrons. The average molecular weight is 352 g/mol. The summed E-state index contributed by atoms with van der Waals surface area (Å²) in [6.07, 6.45) is 1.83. The number of benzene rings is 2. The van der Waals surface area contributed by atoms with Gasteiger partial charge in [0.2, 0.25) is 0 Å². The Balaban J connectivity index is 1.78. The molecule has 0 bridgehead atoms. The standard InChI is InChI=1S/C20H17FN2O3/c1-3-19(24)14-4-10-17(11-5-14)26-20(25)18-12-22-23(13(18)2)16-8-6-15(21)7-9-16/h4-12H,3H2,1-2H3. The number of esters is 1. The van der Waals surface area contributed by atoms with Gasteiger partial charge in [-0.1, -0.05) is 6.92 Å². The molecule has 0 aliphatic heterocycles. The largest absolute Gasteiger partial charge is 0.423 e. The van der Waals surface area contributed by atoms with Crippen molar-refractivity contribution in [3.63, 3.8) is 0 Å². The van der Waals surface area contributed by atoms with Gasteiger partial charge in [0.15, 0.2) is 5.78 Å². The number of nitrogens with zero attached hydrogens (tertiary/aromatic N) is 2. The second-order valence-corrected chi connectivity index (χ2v) is 5.72. The van der Waals surface area contributed by atoms with Crippen LogP contribution in [0, 0.1) is 12.7 Å². The maximum absolute atomic E-state index is 13.1. The smallest absolute Gasteiger partial charge is 0.347 e. The van der Waals surface area contributed by atoms with Gasteiger partial charge >= 0.3 is 5.97 Å². The van der Waals surface area contributed by atoms with Crippen LogP contribution in [0.3, 0.4) is 0 Å². The van der Waals surface area contributed by atoms with E-state index in [1.165, 1.54) is 18.3 Å². The van der Waals surface area contributed by atoms with Crippen LogP contribution in [0.25, 0.3) is 5.69 Å². The van der Waals surface area contributed by atoms with Crippen molar-refractivity contribution < 1.29 is 18.7 Å². The normalized spacial score (nSPS) is 10.6. The molecular weight excluding hydrogens is 335 g/mol. The maximum atomic E-state index is 13.1. The molecule has 132 valence electrons. The van der Waals surface area contributed by atoms with Gasteiger partial charge in [-0.25, -0.2) is 13.9 Å². The Hall–Kier alpha value is -3.28. The van der Waals surface area contributed by atoms with Crippen LogP contribution < -0.4 is 4.74 Å². The minimum Gasteiger partial charge on any atom is -0.423 e. The van der Waals surface area contributed by atoms with Gasteiger partial charge in [-0.15, -0.1) is 0 Å². The van der Waals surface area contributed by atoms with Crippen LogP contribution in [0.15, 0.2) is 54.7 Å². The van der Waals surface area contributed by atoms with E-state index < -0.39 is 5.97 Å². The fraction of sp³-hybridized carbons (Fsp3) is 0.150. The van der Waals surface area contributed by atoms with Crippen molar-refractivity contribution in [1.29, 1.82) is 0 Å². The van der Waals surface area contributed by atoms with E-state index in [4.69, 9.17) is 4.74 Å². The van der Waals surface area contributed by atoms with Gasteiger partial charge in [-0.3, -0.25) is 4.79 Å². The van der Waals surface area contributed by atoms with Crippen LogP contribution in [0.1, 0.15) is 39.8 Å². The molecule has 6 heteroatoms. The second-order valence-electron chi connectivity index (χ2n) is 5.72. The van der Waals surface area contributed by atoms with E-state index in [2.05, 4.69) is 5.10 Å². The molecule has 0 aliphatic rings. The zero-order valence-corrected chi connectivity index (χ0v) is 14.4. The van der Waals surface area contributed by atoms with Crippen molar-refractivity contribution in [2.75, 3.05) is 0 Å². The highest BCUT2D eigenvalue weighted by atomic mass is 19.1. The molecule has 0 saturated carbocycles. The maximum Gasteiger partial charge on any atom is 0.347 e. The van der Waals surface area contributed by atoms with Gasteiger partial charge in [0.25, 0.3) is 0 Å². The summed E-state index contributed by atoms with van der Waals surface area (Å²) >= 11 is 0. The van der Waals surface area contributed by atoms with Crippen LogP contribution in [0.5, 0.6) is 5.75 Å². The van der Waals surface area contributed by atoms with E-state index in [-0.39, 0.29) is 11.6 Å². The fourth-order valence-electron chi connectivity index (χ4n) is 2.53. The lowest BCUT2D eigenvalue weighted by atomic mass is 10.1. The number of hydrogen-bond acceptors (Lipinski definition) is 4. The SMILES string of the molecule is CCC(=O)c1ccc(OC(=O)c2cnn(-c3ccc(F)cc3)c2C)cc1. The van der Waals surface area contributed by atoms with Gasteiger partial charge in [0.05, 0.1) is 17.6 Å². The van der Waals surface area contributed by atoms with E-state index in [1.54, 1.807) is 54.9 Å². The molecule has 2 aromatic carbocycles. The number of ketones is 1. The number of aromatic nitrogens is 2. The Bertz CT molecular complexity index is 944. The molecule has 5 nitrogen and oxygen atoms in total. The quantitative estimate of drug-likeness (QED) is 0.393. The van der Waals surface area contributed by atoms with Crippen LogP contribution in [0.2, 0.25) is 0 Å². The number of carbonyl (C=O) groups is 2. The summed E-state index contributed by atoms with van der Waals surface area (Å²) in [4.78, 5) is 24.0. The van der Waals surface area contributed by atoms with Gasteiger partial charge < -0.3 is 4.74 Å². The van der Waals surface area contributed by atoms with Gasteiger partial charge in [-0.05, 0) is 55.5 Å². The first-order valence-corrected chi connectivity index (χ1v) is 8.15. The summed E-state index contributed by atoms with van der Waals surface area (Å²) in [6.45, 7) is 3.52. The van der Waals surface area contributed by atoms with Gasteiger partial charge in [0.1, 0.15) is 17.1 Å². The van der Waals surface area contributed by atoms with Crippen LogP contribution in [-0.4, -0.2) is 21.5 Å². The van der Waals surface area contributed by atoms with Crippen molar-refractivity contribution in [3.05, 3.63) is 77.4 Å². The van der Waals surface area contributed by atoms with E-state index in [0.717, 1.165) is 0 Å². The van der Waals surface area contributed by atoms with Crippen LogP contribution in [-0.2, 0) is 0 Å². The molecule has 0 N–H and O–H groups in total. The van der Waals surface area contributed by atoms with Crippen molar-refractivity contribution in [1.82, 2.24) is 9.78 Å². The molecule has 0 saturated heterocycles. The first-order chi connectivity index (χ1) is 12.5. The van der Waals surface area contributed by atoms with E-state index >= 15 is 0 Å². The molecule has 0 fully saturated rings. The lowest BCUT2D eigenvalue weighted by molar-refractivity contribution is 0.0734. The van der Waals surface area contributed by atoms with Crippen molar-refractivity contribution in [2.24, 2.45) is 0 Å². The Labute approximate surface area is 150 Å². The highest BCUT2D eigenvalue weighted by Crippen LogP contribution is 2.19. The van der Waals surface area contributed by atoms with E-state index in [9.17, 15) is 14.0 Å². The summed E-state index contributed by atoms with van der Waals surface area (Å²) < 4.78 is 19.9. The number of rotatable bonds is 5. The molecule has 1 heterocycles. The first kappa shape index (κ1) is 17.5. The fourth-order valence-corrected chi connectivity index (χ4v) is 2.53. The Kier molecular flexibility index (Phi) is 4.93. The molecule has 0 spiro atoms. The average Bonchev–Trinajstić information content (AvgIpc) is 3.04. The van der Waals surface area contributed by atoms with Gasteiger partial charge in [-0.2, -0.15) is 5.10 Å². The summed E-state index contributed by atoms with van der Waals surface area (Å²) in [7, 11) is 0. The molecule has 3 rings (SSSR count). The Morgan fingerprint density at radius 3 is 2.35 bits per heavy atom. The third kappa shape index (κ3) is 3.54. The number of ether oxygens (including phenoxy) is 1. The highest BCUT2D eigenvalue weighted by molar-refractivity contribution is 5.96. The summed E-state index contributed by atoms with van der Waals surface area (Å²) in [5, 5.41) is 4.18. The van der Waals surface area contributed by atoms with E-state index in [1.807, 2.05) is 0 Å². The predicted octanol–water partition coefficient (Wildman–Crippen LogP) is 4.13. The number of hydrogen-bond donors (Lipinski definition) is 0. The van der Waals surface area contributed by atoms with Crippen LogP contribution in [0.4, 0.5) is 4.39 Å². The molecule has 0 atom stereocenters. The molecule has 3 aromatic rings. The first-order valence-electron chi connectivity index (χ1n) is 8.15. The predicted molar refractivity (Wildman–Crippen MR) is 94.3 cm³/mol. The lowest BCUT2D eigenvalue weighted by Gasteiger charge is -2.06. The van der Waals surface area contributed by atoms with Crippen molar-refractivity contribution >= 4 is 11.8 Å². The van der Waals surface area contributed by atoms with Crippen molar-refractivity contribution in [2.45, 2.75) is 20.3 Å². The van der Waals surface area contributed by atoms with Crippen molar-refractivity contribution in [3.8, 4) is 11.4 Å². The van der Waals surface area contributed by atoms with E-state index in [0.29, 0.717) is 34.7 Å². The molecule has 1 aromatic heterocycles. The summed E-state index contributed by atoms with van der Waals surface area (Å²) in [5.41, 5.74) is 2.11. The minimum absolute atomic E-state index is 0.0271. The molecule has 0 aliphatic carbocycles. The lowest BCUT2D eigenvalue weighted by Crippen LogP contribution is -2.10. The zero-order chi connectivity index (χ0) is 18.7. The number of Topliss-reactive ketones (excluding diaryl/α,β-unsaturated/α-hetero) is 1. The molecule has 0 amide bonds. The third-order valence-corrected chi connectivity index (χ3v) is 4.01. The minimum atomic E-state index is -0.551. The summed E-state index contributed by atoms with van der Waals surface area (Å²) in [6, 6.07) is 12.2. The Morgan fingerprint density at radius 2 is 1.73 bits per heavy atom. The Morgan fingerprint density at radius 1 is 1.08 bits per heavy atom. The zero-order valence-electron chi connectivity index (χ0n) is 14.4. The number of carbonyl (C=O) groups excluding carboxylic acids is 2. The molecular formula is C20H17FN2O3. The molecule has 0 unspecified atom stereocenters.